The van der Waals surface area contributed by atoms with Gasteiger partial charge in [-0.2, -0.15) is 22.0 Å². The summed E-state index contributed by atoms with van der Waals surface area (Å²) in [4.78, 5) is 13.1. The highest BCUT2D eigenvalue weighted by atomic mass is 19.4. The number of halogens is 5. The van der Waals surface area contributed by atoms with Crippen molar-refractivity contribution in [3.8, 4) is 0 Å². The Balaban J connectivity index is 2.00. The molecule has 1 amide bonds. The largest absolute Gasteiger partial charge is 0.463 e. The van der Waals surface area contributed by atoms with Gasteiger partial charge in [0.2, 0.25) is 0 Å². The molecule has 0 spiro atoms. The van der Waals surface area contributed by atoms with Gasteiger partial charge in [0.15, 0.2) is 0 Å². The second-order valence-corrected chi connectivity index (χ2v) is 4.69. The molecule has 1 N–H and O–H groups in total. The maximum atomic E-state index is 12.8. The number of hydrogen-bond acceptors (Lipinski definition) is 2. The second kappa shape index (κ2) is 4.32. The summed E-state index contributed by atoms with van der Waals surface area (Å²) in [6.07, 6.45) is -3.81. The molecular weight excluding hydrogens is 259 g/mol. The number of carbonyl (C=O) groups excluding carboxylic acids is 1. The Hall–Kier alpha value is -0.920. The van der Waals surface area contributed by atoms with Gasteiger partial charge < -0.3 is 5.32 Å². The van der Waals surface area contributed by atoms with E-state index in [-0.39, 0.29) is 6.04 Å². The predicted molar refractivity (Wildman–Crippen MR) is 52.1 cm³/mol. The van der Waals surface area contributed by atoms with Crippen molar-refractivity contribution < 1.29 is 26.7 Å². The molecule has 0 aliphatic carbocycles. The summed E-state index contributed by atoms with van der Waals surface area (Å²) < 4.78 is 61.6. The van der Waals surface area contributed by atoms with E-state index in [1.165, 1.54) is 0 Å². The van der Waals surface area contributed by atoms with Crippen LogP contribution >= 0.6 is 0 Å². The summed E-state index contributed by atoms with van der Waals surface area (Å²) in [7, 11) is 0. The fourth-order valence-corrected chi connectivity index (χ4v) is 2.64. The van der Waals surface area contributed by atoms with E-state index in [4.69, 9.17) is 0 Å². The first-order chi connectivity index (χ1) is 8.23. The highest BCUT2D eigenvalue weighted by Crippen LogP contribution is 2.36. The van der Waals surface area contributed by atoms with Gasteiger partial charge in [0.05, 0.1) is 0 Å². The van der Waals surface area contributed by atoms with Crippen LogP contribution < -0.4 is 5.32 Å². The van der Waals surface area contributed by atoms with E-state index in [9.17, 15) is 26.7 Å². The first kappa shape index (κ1) is 13.5. The Morgan fingerprint density at radius 3 is 2.39 bits per heavy atom. The first-order valence-corrected chi connectivity index (χ1v) is 5.73. The van der Waals surface area contributed by atoms with Gasteiger partial charge in [-0.15, -0.1) is 0 Å². The zero-order chi connectivity index (χ0) is 13.6. The lowest BCUT2D eigenvalue weighted by molar-refractivity contribution is -0.270. The normalized spacial score (nSPS) is 29.4. The third-order valence-corrected chi connectivity index (χ3v) is 3.56. The number of alkyl halides is 5. The molecule has 18 heavy (non-hydrogen) atoms. The van der Waals surface area contributed by atoms with Gasteiger partial charge in [-0.1, -0.05) is 0 Å². The summed E-state index contributed by atoms with van der Waals surface area (Å²) >= 11 is 0. The fourth-order valence-electron chi connectivity index (χ4n) is 2.64. The number of fused-ring (bicyclic) bond motifs is 1. The van der Waals surface area contributed by atoms with E-state index in [1.54, 1.807) is 0 Å². The maximum absolute atomic E-state index is 12.8. The SMILES string of the molecule is O=C(NC1CCN2CCCC12)C(F)(F)C(F)(F)F. The van der Waals surface area contributed by atoms with Crippen molar-refractivity contribution in [2.45, 2.75) is 43.4 Å². The van der Waals surface area contributed by atoms with Crippen molar-refractivity contribution in [2.75, 3.05) is 13.1 Å². The van der Waals surface area contributed by atoms with Crippen LogP contribution in [0.2, 0.25) is 0 Å². The number of amides is 1. The molecule has 2 fully saturated rings. The molecule has 0 aromatic carbocycles. The highest BCUT2D eigenvalue weighted by molar-refractivity contribution is 5.84. The van der Waals surface area contributed by atoms with Crippen LogP contribution in [-0.4, -0.2) is 48.1 Å². The fraction of sp³-hybridized carbons (Fsp3) is 0.900. The molecule has 2 saturated heterocycles. The molecule has 2 aliphatic heterocycles. The van der Waals surface area contributed by atoms with Gasteiger partial charge in [0.25, 0.3) is 0 Å². The molecule has 2 aliphatic rings. The molecule has 0 bridgehead atoms. The van der Waals surface area contributed by atoms with Crippen LogP contribution in [0, 0.1) is 0 Å². The molecule has 2 rings (SSSR count). The minimum absolute atomic E-state index is 0.0991. The molecule has 2 heterocycles. The Bertz CT molecular complexity index is 344. The minimum Gasteiger partial charge on any atom is -0.346 e. The van der Waals surface area contributed by atoms with Crippen LogP contribution in [0.4, 0.5) is 22.0 Å². The maximum Gasteiger partial charge on any atom is 0.463 e. The Morgan fingerprint density at radius 1 is 1.11 bits per heavy atom. The van der Waals surface area contributed by atoms with Crippen LogP contribution in [0.1, 0.15) is 19.3 Å². The third-order valence-electron chi connectivity index (χ3n) is 3.56. The Morgan fingerprint density at radius 2 is 1.78 bits per heavy atom. The monoisotopic (exact) mass is 272 g/mol. The number of rotatable bonds is 2. The summed E-state index contributed by atoms with van der Waals surface area (Å²) in [6, 6.07) is -0.703. The number of nitrogens with one attached hydrogen (secondary N) is 1. The van der Waals surface area contributed by atoms with Crippen LogP contribution in [-0.2, 0) is 4.79 Å². The zero-order valence-electron chi connectivity index (χ0n) is 9.44. The Kier molecular flexibility index (Phi) is 3.25. The number of hydrogen-bond donors (Lipinski definition) is 1. The zero-order valence-corrected chi connectivity index (χ0v) is 9.44. The average molecular weight is 272 g/mol. The van der Waals surface area contributed by atoms with Crippen molar-refractivity contribution in [1.82, 2.24) is 10.2 Å². The molecule has 8 heteroatoms. The third kappa shape index (κ3) is 2.17. The van der Waals surface area contributed by atoms with Gasteiger partial charge in [-0.3, -0.25) is 9.69 Å². The standard InChI is InChI=1S/C10H13F5N2O/c11-9(12,10(13,14)15)8(18)16-6-3-5-17-4-1-2-7(6)17/h6-7H,1-5H2,(H,16,18). The second-order valence-electron chi connectivity index (χ2n) is 4.69. The molecule has 0 radical (unpaired) electrons. The minimum atomic E-state index is -5.84. The van der Waals surface area contributed by atoms with Crippen LogP contribution in [0.15, 0.2) is 0 Å². The van der Waals surface area contributed by atoms with Crippen molar-refractivity contribution in [2.24, 2.45) is 0 Å². The van der Waals surface area contributed by atoms with Gasteiger partial charge in [-0.05, 0) is 25.8 Å². The van der Waals surface area contributed by atoms with Crippen LogP contribution in [0.5, 0.6) is 0 Å². The van der Waals surface area contributed by atoms with Crippen molar-refractivity contribution >= 4 is 5.91 Å². The molecule has 0 aromatic heterocycles. The first-order valence-electron chi connectivity index (χ1n) is 5.73. The van der Waals surface area contributed by atoms with E-state index in [0.29, 0.717) is 13.0 Å². The van der Waals surface area contributed by atoms with E-state index in [1.807, 2.05) is 10.2 Å². The van der Waals surface area contributed by atoms with Crippen molar-refractivity contribution in [3.63, 3.8) is 0 Å². The lowest BCUT2D eigenvalue weighted by Crippen LogP contribution is -2.54. The van der Waals surface area contributed by atoms with E-state index >= 15 is 0 Å². The molecule has 3 nitrogen and oxygen atoms in total. The summed E-state index contributed by atoms with van der Waals surface area (Å²) in [5, 5.41) is 1.85. The van der Waals surface area contributed by atoms with Crippen molar-refractivity contribution in [3.05, 3.63) is 0 Å². The van der Waals surface area contributed by atoms with Gasteiger partial charge in [-0.25, -0.2) is 0 Å². The summed E-state index contributed by atoms with van der Waals surface area (Å²) in [6.45, 7) is 1.44. The molecular formula is C10H13F5N2O. The quantitative estimate of drug-likeness (QED) is 0.773. The van der Waals surface area contributed by atoms with E-state index in [2.05, 4.69) is 0 Å². The topological polar surface area (TPSA) is 32.3 Å². The average Bonchev–Trinajstić information content (AvgIpc) is 2.80. The van der Waals surface area contributed by atoms with E-state index in [0.717, 1.165) is 19.4 Å². The smallest absolute Gasteiger partial charge is 0.346 e. The Labute approximate surface area is 100 Å². The van der Waals surface area contributed by atoms with Crippen LogP contribution in [0.3, 0.4) is 0 Å². The molecule has 0 saturated carbocycles. The highest BCUT2D eigenvalue weighted by Gasteiger charge is 2.63. The number of nitrogens with zero attached hydrogens (tertiary/aromatic N) is 1. The number of carbonyl (C=O) groups is 1. The van der Waals surface area contributed by atoms with Gasteiger partial charge in [0, 0.05) is 18.6 Å². The van der Waals surface area contributed by atoms with E-state index < -0.39 is 24.0 Å². The molecule has 0 aromatic rings. The lowest BCUT2D eigenvalue weighted by Gasteiger charge is -2.24. The molecule has 104 valence electrons. The predicted octanol–water partition coefficient (Wildman–Crippen LogP) is 1.54. The molecule has 2 atom stereocenters. The summed E-state index contributed by atoms with van der Waals surface area (Å²) in [5.74, 6) is -7.56. The molecule has 2 unspecified atom stereocenters. The lowest BCUT2D eigenvalue weighted by atomic mass is 10.1. The van der Waals surface area contributed by atoms with Crippen molar-refractivity contribution in [1.29, 1.82) is 0 Å². The van der Waals surface area contributed by atoms with Gasteiger partial charge in [0.1, 0.15) is 0 Å². The van der Waals surface area contributed by atoms with Gasteiger partial charge >= 0.3 is 18.0 Å². The van der Waals surface area contributed by atoms with Crippen LogP contribution in [0.25, 0.3) is 0 Å². The summed E-state index contributed by atoms with van der Waals surface area (Å²) in [5.41, 5.74) is 0.